The SMILES string of the molecule is NC(CNc1nnc(C(F)(F)F)s1)c1ccccc1. The van der Waals surface area contributed by atoms with E-state index in [0.29, 0.717) is 11.3 Å². The zero-order valence-corrected chi connectivity index (χ0v) is 10.5. The summed E-state index contributed by atoms with van der Waals surface area (Å²) in [7, 11) is 0. The third-order valence-corrected chi connectivity index (χ3v) is 3.29. The Kier molecular flexibility index (Phi) is 4.01. The Balaban J connectivity index is 1.94. The van der Waals surface area contributed by atoms with Crippen molar-refractivity contribution in [1.82, 2.24) is 10.2 Å². The topological polar surface area (TPSA) is 63.8 Å². The standard InChI is InChI=1S/C11H11F3N4S/c12-11(13,14)9-17-18-10(19-9)16-6-8(15)7-4-2-1-3-5-7/h1-5,8H,6,15H2,(H,16,18). The minimum atomic E-state index is -4.46. The minimum absolute atomic E-state index is 0.110. The van der Waals surface area contributed by atoms with Crippen LogP contribution in [-0.4, -0.2) is 16.7 Å². The Morgan fingerprint density at radius 3 is 2.47 bits per heavy atom. The van der Waals surface area contributed by atoms with E-state index < -0.39 is 11.2 Å². The van der Waals surface area contributed by atoms with Gasteiger partial charge in [-0.05, 0) is 5.56 Å². The first kappa shape index (κ1) is 13.8. The first-order valence-corrected chi connectivity index (χ1v) is 6.23. The summed E-state index contributed by atoms with van der Waals surface area (Å²) in [6, 6.07) is 8.95. The zero-order valence-electron chi connectivity index (χ0n) is 9.69. The molecule has 1 heterocycles. The second kappa shape index (κ2) is 5.54. The second-order valence-corrected chi connectivity index (χ2v) is 4.79. The minimum Gasteiger partial charge on any atom is -0.358 e. The van der Waals surface area contributed by atoms with Crippen LogP contribution in [0.4, 0.5) is 18.3 Å². The Labute approximate surface area is 111 Å². The van der Waals surface area contributed by atoms with E-state index in [0.717, 1.165) is 5.56 Å². The Morgan fingerprint density at radius 1 is 1.21 bits per heavy atom. The molecule has 102 valence electrons. The molecule has 0 saturated heterocycles. The molecule has 2 aromatic rings. The van der Waals surface area contributed by atoms with Crippen molar-refractivity contribution in [2.24, 2.45) is 5.73 Å². The first-order chi connectivity index (χ1) is 8.97. The maximum absolute atomic E-state index is 12.3. The average Bonchev–Trinajstić information content (AvgIpc) is 2.86. The summed E-state index contributed by atoms with van der Waals surface area (Å²) in [4.78, 5) is 0. The third-order valence-electron chi connectivity index (χ3n) is 2.37. The highest BCUT2D eigenvalue weighted by Crippen LogP contribution is 2.33. The Morgan fingerprint density at radius 2 is 1.89 bits per heavy atom. The van der Waals surface area contributed by atoms with Crippen LogP contribution < -0.4 is 11.1 Å². The lowest BCUT2D eigenvalue weighted by atomic mass is 10.1. The van der Waals surface area contributed by atoms with Gasteiger partial charge in [-0.15, -0.1) is 10.2 Å². The van der Waals surface area contributed by atoms with E-state index in [1.54, 1.807) is 0 Å². The number of aromatic nitrogens is 2. The lowest BCUT2D eigenvalue weighted by molar-refractivity contribution is -0.138. The predicted molar refractivity (Wildman–Crippen MR) is 66.8 cm³/mol. The van der Waals surface area contributed by atoms with Crippen molar-refractivity contribution >= 4 is 16.5 Å². The van der Waals surface area contributed by atoms with Crippen molar-refractivity contribution in [3.63, 3.8) is 0 Å². The van der Waals surface area contributed by atoms with Gasteiger partial charge in [-0.2, -0.15) is 13.2 Å². The molecule has 0 fully saturated rings. The van der Waals surface area contributed by atoms with Crippen LogP contribution in [0.15, 0.2) is 30.3 Å². The number of nitrogens with zero attached hydrogens (tertiary/aromatic N) is 2. The number of hydrogen-bond acceptors (Lipinski definition) is 5. The molecule has 4 nitrogen and oxygen atoms in total. The van der Waals surface area contributed by atoms with Gasteiger partial charge in [0.15, 0.2) is 0 Å². The molecule has 1 aromatic heterocycles. The van der Waals surface area contributed by atoms with Crippen molar-refractivity contribution in [2.45, 2.75) is 12.2 Å². The fourth-order valence-electron chi connectivity index (χ4n) is 1.42. The number of anilines is 1. The van der Waals surface area contributed by atoms with Gasteiger partial charge in [-0.25, -0.2) is 0 Å². The number of alkyl halides is 3. The first-order valence-electron chi connectivity index (χ1n) is 5.42. The molecule has 0 saturated carbocycles. The highest BCUT2D eigenvalue weighted by Gasteiger charge is 2.35. The van der Waals surface area contributed by atoms with Gasteiger partial charge in [0.25, 0.3) is 0 Å². The van der Waals surface area contributed by atoms with E-state index in [9.17, 15) is 13.2 Å². The van der Waals surface area contributed by atoms with Crippen molar-refractivity contribution in [3.8, 4) is 0 Å². The Hall–Kier alpha value is -1.67. The van der Waals surface area contributed by atoms with Gasteiger partial charge in [0.2, 0.25) is 10.1 Å². The van der Waals surface area contributed by atoms with E-state index in [4.69, 9.17) is 5.73 Å². The van der Waals surface area contributed by atoms with Crippen LogP contribution in [0.5, 0.6) is 0 Å². The maximum atomic E-state index is 12.3. The largest absolute Gasteiger partial charge is 0.445 e. The van der Waals surface area contributed by atoms with Gasteiger partial charge in [0.05, 0.1) is 0 Å². The van der Waals surface area contributed by atoms with Crippen molar-refractivity contribution < 1.29 is 13.2 Å². The van der Waals surface area contributed by atoms with Gasteiger partial charge in [-0.3, -0.25) is 0 Å². The van der Waals surface area contributed by atoms with Crippen molar-refractivity contribution in [1.29, 1.82) is 0 Å². The molecule has 0 aliphatic carbocycles. The van der Waals surface area contributed by atoms with Crippen LogP contribution in [0.1, 0.15) is 16.6 Å². The van der Waals surface area contributed by atoms with Crippen molar-refractivity contribution in [2.75, 3.05) is 11.9 Å². The van der Waals surface area contributed by atoms with E-state index in [1.165, 1.54) is 0 Å². The number of halogens is 3. The molecule has 0 aliphatic rings. The molecule has 2 rings (SSSR count). The molecule has 19 heavy (non-hydrogen) atoms. The number of benzene rings is 1. The summed E-state index contributed by atoms with van der Waals surface area (Å²) in [5.41, 5.74) is 6.81. The molecule has 8 heteroatoms. The van der Waals surface area contributed by atoms with Gasteiger partial charge in [-0.1, -0.05) is 41.7 Å². The molecule has 1 unspecified atom stereocenters. The molecule has 0 radical (unpaired) electrons. The van der Waals surface area contributed by atoms with Gasteiger partial charge < -0.3 is 11.1 Å². The molecule has 3 N–H and O–H groups in total. The van der Waals surface area contributed by atoms with Gasteiger partial charge in [0, 0.05) is 12.6 Å². The fourth-order valence-corrected chi connectivity index (χ4v) is 2.04. The molecule has 0 spiro atoms. The lowest BCUT2D eigenvalue weighted by Crippen LogP contribution is -2.20. The Bertz CT molecular complexity index is 526. The number of hydrogen-bond donors (Lipinski definition) is 2. The summed E-state index contributed by atoms with van der Waals surface area (Å²) in [5, 5.41) is 8.40. The summed E-state index contributed by atoms with van der Waals surface area (Å²) in [5.74, 6) is 0. The van der Waals surface area contributed by atoms with Crippen LogP contribution in [-0.2, 0) is 6.18 Å². The van der Waals surface area contributed by atoms with Crippen LogP contribution >= 0.6 is 11.3 Å². The molecule has 0 aliphatic heterocycles. The molecular formula is C11H11F3N4S. The second-order valence-electron chi connectivity index (χ2n) is 3.81. The predicted octanol–water partition coefficient (Wildman–Crippen LogP) is 2.67. The summed E-state index contributed by atoms with van der Waals surface area (Å²) >= 11 is 0.463. The van der Waals surface area contributed by atoms with Crippen LogP contribution in [0, 0.1) is 0 Å². The van der Waals surface area contributed by atoms with Gasteiger partial charge in [0.1, 0.15) is 0 Å². The monoisotopic (exact) mass is 288 g/mol. The van der Waals surface area contributed by atoms with Crippen LogP contribution in [0.25, 0.3) is 0 Å². The molecule has 1 atom stereocenters. The van der Waals surface area contributed by atoms with Crippen molar-refractivity contribution in [3.05, 3.63) is 40.9 Å². The quantitative estimate of drug-likeness (QED) is 0.908. The number of nitrogens with one attached hydrogen (secondary N) is 1. The summed E-state index contributed by atoms with van der Waals surface area (Å²) < 4.78 is 37.0. The third kappa shape index (κ3) is 3.65. The maximum Gasteiger partial charge on any atom is 0.445 e. The van der Waals surface area contributed by atoms with E-state index >= 15 is 0 Å². The molecule has 0 bridgehead atoms. The smallest absolute Gasteiger partial charge is 0.358 e. The lowest BCUT2D eigenvalue weighted by Gasteiger charge is -2.11. The van der Waals surface area contributed by atoms with Gasteiger partial charge >= 0.3 is 6.18 Å². The highest BCUT2D eigenvalue weighted by molar-refractivity contribution is 7.15. The van der Waals surface area contributed by atoms with E-state index in [2.05, 4.69) is 15.5 Å². The molecule has 1 aromatic carbocycles. The zero-order chi connectivity index (χ0) is 13.9. The van der Waals surface area contributed by atoms with Crippen LogP contribution in [0.2, 0.25) is 0 Å². The molecule has 0 amide bonds. The molecular weight excluding hydrogens is 277 g/mol. The normalized spacial score (nSPS) is 13.3. The number of rotatable bonds is 4. The summed E-state index contributed by atoms with van der Waals surface area (Å²) in [6.07, 6.45) is -4.46. The van der Waals surface area contributed by atoms with E-state index in [-0.39, 0.29) is 17.7 Å². The fraction of sp³-hybridized carbons (Fsp3) is 0.273. The highest BCUT2D eigenvalue weighted by atomic mass is 32.1. The average molecular weight is 288 g/mol. The van der Waals surface area contributed by atoms with Crippen LogP contribution in [0.3, 0.4) is 0 Å². The number of nitrogens with two attached hydrogens (primary N) is 1. The summed E-state index contributed by atoms with van der Waals surface area (Å²) in [6.45, 7) is 0.288. The van der Waals surface area contributed by atoms with E-state index in [1.807, 2.05) is 30.3 Å².